The van der Waals surface area contributed by atoms with Crippen molar-refractivity contribution in [3.05, 3.63) is 53.6 Å². The van der Waals surface area contributed by atoms with Crippen LogP contribution in [0.25, 0.3) is 0 Å². The fourth-order valence-electron chi connectivity index (χ4n) is 2.97. The van der Waals surface area contributed by atoms with Crippen molar-refractivity contribution in [2.45, 2.75) is 18.2 Å². The van der Waals surface area contributed by atoms with E-state index < -0.39 is 16.0 Å². The molecule has 1 fully saturated rings. The predicted molar refractivity (Wildman–Crippen MR) is 103 cm³/mol. The average Bonchev–Trinajstić information content (AvgIpc) is 2.68. The van der Waals surface area contributed by atoms with Crippen LogP contribution in [0, 0.1) is 0 Å². The Hall–Kier alpha value is -2.58. The van der Waals surface area contributed by atoms with Gasteiger partial charge in [-0.2, -0.15) is 0 Å². The molecule has 0 unspecified atom stereocenters. The number of nitrogens with one attached hydrogen (secondary N) is 1. The molecule has 0 radical (unpaired) electrons. The Kier molecular flexibility index (Phi) is 5.67. The highest BCUT2D eigenvalue weighted by Gasteiger charge is 2.21. The van der Waals surface area contributed by atoms with Crippen molar-refractivity contribution in [2.75, 3.05) is 35.9 Å². The minimum absolute atomic E-state index is 0.0541. The zero-order chi connectivity index (χ0) is 19.4. The summed E-state index contributed by atoms with van der Waals surface area (Å²) in [7, 11) is -3.80. The number of carboxylic acid groups (broad SMARTS) is 1. The highest BCUT2D eigenvalue weighted by atomic mass is 32.2. The molecule has 2 aromatic rings. The maximum atomic E-state index is 12.6. The number of benzene rings is 2. The van der Waals surface area contributed by atoms with Gasteiger partial charge in [-0.05, 0) is 42.3 Å². The van der Waals surface area contributed by atoms with Crippen molar-refractivity contribution >= 4 is 27.4 Å². The van der Waals surface area contributed by atoms with Crippen molar-refractivity contribution in [2.24, 2.45) is 0 Å². The third-order valence-electron chi connectivity index (χ3n) is 4.47. The molecule has 7 nitrogen and oxygen atoms in total. The van der Waals surface area contributed by atoms with Crippen LogP contribution < -0.4 is 9.62 Å². The highest BCUT2D eigenvalue weighted by Crippen LogP contribution is 2.27. The summed E-state index contributed by atoms with van der Waals surface area (Å²) in [4.78, 5) is 13.7. The van der Waals surface area contributed by atoms with E-state index in [1.54, 1.807) is 36.4 Å². The van der Waals surface area contributed by atoms with Crippen LogP contribution in [-0.4, -0.2) is 45.8 Å². The van der Waals surface area contributed by atoms with Gasteiger partial charge in [-0.1, -0.05) is 19.1 Å². The topological polar surface area (TPSA) is 95.9 Å². The lowest BCUT2D eigenvalue weighted by Gasteiger charge is -2.30. The van der Waals surface area contributed by atoms with Gasteiger partial charge in [0.05, 0.1) is 29.4 Å². The van der Waals surface area contributed by atoms with Gasteiger partial charge in [-0.15, -0.1) is 0 Å². The zero-order valence-corrected chi connectivity index (χ0v) is 15.8. The van der Waals surface area contributed by atoms with Crippen LogP contribution in [0.15, 0.2) is 47.4 Å². The Balaban J connectivity index is 1.87. The number of aryl methyl sites for hydroxylation is 1. The van der Waals surface area contributed by atoms with Gasteiger partial charge in [0, 0.05) is 18.8 Å². The van der Waals surface area contributed by atoms with E-state index in [2.05, 4.69) is 4.72 Å². The van der Waals surface area contributed by atoms with Crippen LogP contribution >= 0.6 is 0 Å². The van der Waals surface area contributed by atoms with Gasteiger partial charge < -0.3 is 14.7 Å². The van der Waals surface area contributed by atoms with E-state index >= 15 is 0 Å². The molecule has 2 N–H and O–H groups in total. The molecule has 1 heterocycles. The fourth-order valence-corrected chi connectivity index (χ4v) is 4.02. The Labute approximate surface area is 158 Å². The quantitative estimate of drug-likeness (QED) is 0.787. The van der Waals surface area contributed by atoms with E-state index in [0.717, 1.165) is 12.0 Å². The van der Waals surface area contributed by atoms with Gasteiger partial charge in [-0.3, -0.25) is 4.72 Å². The molecule has 8 heteroatoms. The fraction of sp³-hybridized carbons (Fsp3) is 0.316. The average molecular weight is 390 g/mol. The third-order valence-corrected chi connectivity index (χ3v) is 5.87. The first-order chi connectivity index (χ1) is 12.9. The molecule has 2 aromatic carbocycles. The van der Waals surface area contributed by atoms with Crippen LogP contribution in [0.3, 0.4) is 0 Å². The number of anilines is 2. The summed E-state index contributed by atoms with van der Waals surface area (Å²) in [6.45, 7) is 4.23. The van der Waals surface area contributed by atoms with E-state index in [0.29, 0.717) is 32.0 Å². The van der Waals surface area contributed by atoms with Crippen LogP contribution in [0.5, 0.6) is 0 Å². The van der Waals surface area contributed by atoms with Crippen molar-refractivity contribution in [3.8, 4) is 0 Å². The summed E-state index contributed by atoms with van der Waals surface area (Å²) < 4.78 is 32.9. The van der Waals surface area contributed by atoms with Crippen LogP contribution in [0.1, 0.15) is 22.8 Å². The van der Waals surface area contributed by atoms with E-state index in [1.165, 1.54) is 6.07 Å². The molecule has 27 heavy (non-hydrogen) atoms. The smallest absolute Gasteiger partial charge is 0.337 e. The number of ether oxygens (including phenoxy) is 1. The molecule has 3 rings (SSSR count). The molecule has 0 saturated carbocycles. The second kappa shape index (κ2) is 7.98. The van der Waals surface area contributed by atoms with Gasteiger partial charge in [0.15, 0.2) is 0 Å². The van der Waals surface area contributed by atoms with Crippen molar-refractivity contribution in [1.82, 2.24) is 0 Å². The summed E-state index contributed by atoms with van der Waals surface area (Å²) in [5, 5.41) is 9.56. The number of hydrogen-bond donors (Lipinski definition) is 2. The van der Waals surface area contributed by atoms with Crippen molar-refractivity contribution < 1.29 is 23.1 Å². The van der Waals surface area contributed by atoms with Crippen molar-refractivity contribution in [1.29, 1.82) is 0 Å². The zero-order valence-electron chi connectivity index (χ0n) is 15.0. The van der Waals surface area contributed by atoms with Crippen LogP contribution in [-0.2, 0) is 21.2 Å². The first kappa shape index (κ1) is 19.2. The Morgan fingerprint density at radius 1 is 1.15 bits per heavy atom. The third kappa shape index (κ3) is 4.40. The van der Waals surface area contributed by atoms with Crippen molar-refractivity contribution in [3.63, 3.8) is 0 Å². The second-order valence-electron chi connectivity index (χ2n) is 6.24. The summed E-state index contributed by atoms with van der Waals surface area (Å²) in [6, 6.07) is 11.2. The summed E-state index contributed by atoms with van der Waals surface area (Å²) in [5.41, 5.74) is 1.86. The van der Waals surface area contributed by atoms with Crippen LogP contribution in [0.4, 0.5) is 11.4 Å². The Bertz CT molecular complexity index is 920. The molecule has 0 aromatic heterocycles. The molecule has 1 aliphatic heterocycles. The van der Waals surface area contributed by atoms with E-state index in [1.807, 2.05) is 11.8 Å². The summed E-state index contributed by atoms with van der Waals surface area (Å²) >= 11 is 0. The number of carbonyl (C=O) groups is 1. The predicted octanol–water partition coefficient (Wildman–Crippen LogP) is 2.58. The number of sulfonamides is 1. The maximum absolute atomic E-state index is 12.6. The van der Waals surface area contributed by atoms with Crippen LogP contribution in [0.2, 0.25) is 0 Å². The molecule has 0 bridgehead atoms. The highest BCUT2D eigenvalue weighted by molar-refractivity contribution is 7.92. The molecule has 0 atom stereocenters. The van der Waals surface area contributed by atoms with E-state index in [9.17, 15) is 18.3 Å². The molecule has 144 valence electrons. The first-order valence-electron chi connectivity index (χ1n) is 8.72. The largest absolute Gasteiger partial charge is 0.478 e. The van der Waals surface area contributed by atoms with Gasteiger partial charge >= 0.3 is 5.97 Å². The Morgan fingerprint density at radius 3 is 2.41 bits per heavy atom. The number of nitrogens with zero attached hydrogens (tertiary/aromatic N) is 1. The number of hydrogen-bond acceptors (Lipinski definition) is 5. The summed E-state index contributed by atoms with van der Waals surface area (Å²) in [5.74, 6) is -1.11. The monoisotopic (exact) mass is 390 g/mol. The number of morpholine rings is 1. The molecule has 1 saturated heterocycles. The first-order valence-corrected chi connectivity index (χ1v) is 10.2. The lowest BCUT2D eigenvalue weighted by atomic mass is 10.1. The van der Waals surface area contributed by atoms with Gasteiger partial charge in [0.25, 0.3) is 10.0 Å². The van der Waals surface area contributed by atoms with E-state index in [4.69, 9.17) is 4.74 Å². The summed E-state index contributed by atoms with van der Waals surface area (Å²) in [6.07, 6.45) is 0.818. The lowest BCUT2D eigenvalue weighted by Crippen LogP contribution is -2.37. The minimum Gasteiger partial charge on any atom is -0.478 e. The second-order valence-corrected chi connectivity index (χ2v) is 7.92. The molecular weight excluding hydrogens is 368 g/mol. The lowest BCUT2D eigenvalue weighted by molar-refractivity contribution is 0.0696. The number of carboxylic acids is 1. The van der Waals surface area contributed by atoms with Gasteiger partial charge in [-0.25, -0.2) is 13.2 Å². The molecule has 0 spiro atoms. The van der Waals surface area contributed by atoms with E-state index in [-0.39, 0.29) is 16.1 Å². The molecule has 0 aliphatic carbocycles. The standard InChI is InChI=1S/C19H22N2O5S/c1-2-14-3-6-16(7-4-14)27(24,25)20-15-5-8-18(17(13-15)19(22)23)21-9-11-26-12-10-21/h3-8,13,20H,2,9-12H2,1H3,(H,22,23). The number of rotatable bonds is 6. The maximum Gasteiger partial charge on any atom is 0.337 e. The normalized spacial score (nSPS) is 14.8. The Morgan fingerprint density at radius 2 is 1.81 bits per heavy atom. The molecular formula is C19H22N2O5S. The SMILES string of the molecule is CCc1ccc(S(=O)(=O)Nc2ccc(N3CCOCC3)c(C(=O)O)c2)cc1. The minimum atomic E-state index is -3.80. The van der Waals surface area contributed by atoms with Gasteiger partial charge in [0.1, 0.15) is 0 Å². The van der Waals surface area contributed by atoms with Gasteiger partial charge in [0.2, 0.25) is 0 Å². The number of aromatic carboxylic acids is 1. The molecule has 0 amide bonds. The molecule has 1 aliphatic rings.